The van der Waals surface area contributed by atoms with Gasteiger partial charge in [0.25, 0.3) is 5.97 Å². The Bertz CT molecular complexity index is 38.3. The molecule has 0 fully saturated rings. The molecule has 0 aromatic heterocycles. The fraction of sp³-hybridized carbons (Fsp3) is 0.500. The Morgan fingerprint density at radius 1 is 1.25 bits per heavy atom. The summed E-state index contributed by atoms with van der Waals surface area (Å²) in [4.78, 5) is 9.00. The Morgan fingerprint density at radius 2 is 1.25 bits per heavy atom. The summed E-state index contributed by atoms with van der Waals surface area (Å²) in [5.41, 5.74) is 0. The van der Waals surface area contributed by atoms with Crippen LogP contribution in [0.4, 0.5) is 0 Å². The van der Waals surface area contributed by atoms with Gasteiger partial charge in [0, 0.05) is 6.92 Å². The number of hydrogen-bond donors (Lipinski definition) is 1. The zero-order chi connectivity index (χ0) is 3.58. The van der Waals surface area contributed by atoms with E-state index in [0.717, 1.165) is 6.92 Å². The molecule has 56 valence electrons. The van der Waals surface area contributed by atoms with Crippen LogP contribution >= 0.6 is 37.2 Å². The van der Waals surface area contributed by atoms with Crippen molar-refractivity contribution in [1.82, 2.24) is 0 Å². The predicted molar refractivity (Wildman–Crippen MR) is 45.0 cm³/mol. The van der Waals surface area contributed by atoms with E-state index in [9.17, 15) is 0 Å². The second kappa shape index (κ2) is 24.2. The van der Waals surface area contributed by atoms with Crippen molar-refractivity contribution < 1.29 is 9.90 Å². The quantitative estimate of drug-likeness (QED) is 0.647. The van der Waals surface area contributed by atoms with E-state index >= 15 is 0 Å². The first-order chi connectivity index (χ1) is 1.73. The van der Waals surface area contributed by atoms with Crippen LogP contribution < -0.4 is 0 Å². The van der Waals surface area contributed by atoms with E-state index in [4.69, 9.17) is 9.90 Å². The van der Waals surface area contributed by atoms with Crippen LogP contribution in [0.1, 0.15) is 6.92 Å². The standard InChI is InChI=1S/C2H4O2.3ClH.Sb.3H/c1-2(3)4;;;;;;;/h1H3,(H,3,4);3*1H;;;;. The summed E-state index contributed by atoms with van der Waals surface area (Å²) in [5, 5.41) is 7.42. The summed E-state index contributed by atoms with van der Waals surface area (Å²) < 4.78 is 0. The molecule has 0 aliphatic heterocycles. The summed E-state index contributed by atoms with van der Waals surface area (Å²) in [5.74, 6) is -0.833. The van der Waals surface area contributed by atoms with Crippen molar-refractivity contribution in [2.45, 2.75) is 6.92 Å². The van der Waals surface area contributed by atoms with Gasteiger partial charge in [-0.15, -0.1) is 37.2 Å². The summed E-state index contributed by atoms with van der Waals surface area (Å²) in [6, 6.07) is 0. The number of aliphatic carboxylic acids is 1. The first-order valence-corrected chi connectivity index (χ1v) is 0.928. The number of carboxylic acids is 1. The van der Waals surface area contributed by atoms with Gasteiger partial charge in [0.2, 0.25) is 0 Å². The third-order valence-electron chi connectivity index (χ3n) is 0. The van der Waals surface area contributed by atoms with Crippen LogP contribution in [0.15, 0.2) is 0 Å². The average molecular weight is 294 g/mol. The van der Waals surface area contributed by atoms with Crippen molar-refractivity contribution in [2.75, 3.05) is 0 Å². The molecule has 1 N–H and O–H groups in total. The van der Waals surface area contributed by atoms with E-state index in [1.807, 2.05) is 0 Å². The maximum absolute atomic E-state index is 9.00. The fourth-order valence-electron chi connectivity index (χ4n) is 0. The van der Waals surface area contributed by atoms with Gasteiger partial charge < -0.3 is 5.11 Å². The van der Waals surface area contributed by atoms with Crippen LogP contribution in [0.5, 0.6) is 0 Å². The predicted octanol–water partition coefficient (Wildman–Crippen LogP) is 0.172. The molecule has 0 saturated heterocycles. The van der Waals surface area contributed by atoms with Crippen LogP contribution in [0.3, 0.4) is 0 Å². The van der Waals surface area contributed by atoms with Gasteiger partial charge in [-0.1, -0.05) is 0 Å². The van der Waals surface area contributed by atoms with Gasteiger partial charge in [0.15, 0.2) is 0 Å². The van der Waals surface area contributed by atoms with E-state index < -0.39 is 5.97 Å². The molecule has 6 heteroatoms. The van der Waals surface area contributed by atoms with E-state index in [0.29, 0.717) is 0 Å². The Labute approximate surface area is 84.1 Å². The minimum atomic E-state index is -0.833. The van der Waals surface area contributed by atoms with Gasteiger partial charge in [-0.3, -0.25) is 4.79 Å². The molecule has 2 nitrogen and oxygen atoms in total. The van der Waals surface area contributed by atoms with Crippen LogP contribution in [0.2, 0.25) is 0 Å². The zero-order valence-electron chi connectivity index (χ0n) is 4.29. The molecular weight excluding hydrogens is 284 g/mol. The van der Waals surface area contributed by atoms with Crippen molar-refractivity contribution in [3.8, 4) is 0 Å². The molecule has 0 aromatic carbocycles. The molecule has 0 saturated carbocycles. The Hall–Kier alpha value is 1.16. The van der Waals surface area contributed by atoms with Crippen molar-refractivity contribution in [3.63, 3.8) is 0 Å². The Kier molecular flexibility index (Phi) is 107. The minimum absolute atomic E-state index is 0. The van der Waals surface area contributed by atoms with Gasteiger partial charge >= 0.3 is 24.4 Å². The van der Waals surface area contributed by atoms with E-state index in [1.165, 1.54) is 0 Å². The van der Waals surface area contributed by atoms with Crippen molar-refractivity contribution in [1.29, 1.82) is 0 Å². The molecule has 0 aromatic rings. The maximum atomic E-state index is 9.00. The van der Waals surface area contributed by atoms with E-state index in [2.05, 4.69) is 0 Å². The van der Waals surface area contributed by atoms with Crippen LogP contribution in [0.25, 0.3) is 0 Å². The number of rotatable bonds is 0. The van der Waals surface area contributed by atoms with Gasteiger partial charge in [0.1, 0.15) is 0 Å². The number of carboxylic acid groups (broad SMARTS) is 1. The molecule has 0 atom stereocenters. The third-order valence-corrected chi connectivity index (χ3v) is 0. The first kappa shape index (κ1) is 35.3. The molecule has 0 aliphatic rings. The molecule has 0 heterocycles. The first-order valence-electron chi connectivity index (χ1n) is 0.928. The van der Waals surface area contributed by atoms with Gasteiger partial charge in [-0.25, -0.2) is 0 Å². The van der Waals surface area contributed by atoms with Gasteiger partial charge in [-0.05, 0) is 0 Å². The molecular formula is C2H10Cl3O2Sb. The average Bonchev–Trinajstić information content (AvgIpc) is 0.811. The van der Waals surface area contributed by atoms with Gasteiger partial charge in [-0.2, -0.15) is 0 Å². The summed E-state index contributed by atoms with van der Waals surface area (Å²) in [6.07, 6.45) is 0. The topological polar surface area (TPSA) is 37.3 Å². The second-order valence-corrected chi connectivity index (χ2v) is 0.519. The van der Waals surface area contributed by atoms with Crippen molar-refractivity contribution in [2.24, 2.45) is 0 Å². The molecule has 0 radical (unpaired) electrons. The zero-order valence-corrected chi connectivity index (χ0v) is 10.8. The second-order valence-electron chi connectivity index (χ2n) is 0.519. The van der Waals surface area contributed by atoms with Crippen molar-refractivity contribution >= 4 is 67.6 Å². The SMILES string of the molecule is CC(=O)O.Cl.Cl.Cl.[SbH3]. The number of carbonyl (C=O) groups is 1. The van der Waals surface area contributed by atoms with Crippen LogP contribution in [-0.2, 0) is 4.79 Å². The third kappa shape index (κ3) is 202. The monoisotopic (exact) mass is 292 g/mol. The molecule has 0 amide bonds. The Morgan fingerprint density at radius 3 is 1.25 bits per heavy atom. The van der Waals surface area contributed by atoms with E-state index in [-0.39, 0.29) is 61.6 Å². The molecule has 0 bridgehead atoms. The number of halogens is 3. The van der Waals surface area contributed by atoms with Gasteiger partial charge in [0.05, 0.1) is 0 Å². The molecule has 0 rings (SSSR count). The number of hydrogen-bond acceptors (Lipinski definition) is 1. The molecule has 0 unspecified atom stereocenters. The molecule has 0 aliphatic carbocycles. The van der Waals surface area contributed by atoms with Crippen molar-refractivity contribution in [3.05, 3.63) is 0 Å². The summed E-state index contributed by atoms with van der Waals surface area (Å²) in [6.45, 7) is 1.08. The summed E-state index contributed by atoms with van der Waals surface area (Å²) in [7, 11) is 0. The Balaban J connectivity index is -0.00000000750. The fourth-order valence-corrected chi connectivity index (χ4v) is 0. The van der Waals surface area contributed by atoms with E-state index in [1.54, 1.807) is 0 Å². The molecule has 0 spiro atoms. The molecule has 8 heavy (non-hydrogen) atoms. The van der Waals surface area contributed by atoms with Crippen LogP contribution in [0, 0.1) is 0 Å². The summed E-state index contributed by atoms with van der Waals surface area (Å²) >= 11 is 0. The van der Waals surface area contributed by atoms with Crippen LogP contribution in [-0.4, -0.2) is 35.5 Å². The normalized spacial score (nSPS) is 3.12.